The highest BCUT2D eigenvalue weighted by Gasteiger charge is 2.18. The zero-order chi connectivity index (χ0) is 37.7. The third-order valence-corrected chi connectivity index (χ3v) is 8.25. The first-order chi connectivity index (χ1) is 23.6. The molecule has 0 fully saturated rings. The lowest BCUT2D eigenvalue weighted by molar-refractivity contribution is 0.0512. The molecule has 0 aromatic heterocycles. The number of ether oxygens (including phenoxy) is 2. The van der Waals surface area contributed by atoms with Gasteiger partial charge in [-0.15, -0.1) is 0 Å². The third kappa shape index (κ3) is 33.3. The summed E-state index contributed by atoms with van der Waals surface area (Å²) in [7, 11) is 0. The van der Waals surface area contributed by atoms with Gasteiger partial charge in [0.2, 0.25) is 0 Å². The highest BCUT2D eigenvalue weighted by atomic mass is 16.6. The van der Waals surface area contributed by atoms with Gasteiger partial charge in [0.25, 0.3) is 0 Å². The number of aliphatic hydroxyl groups is 2. The molecule has 0 aliphatic heterocycles. The first kappa shape index (κ1) is 48.1. The Hall–Kier alpha value is -1.88. The topological polar surface area (TPSA) is 124 Å². The van der Waals surface area contributed by atoms with Crippen molar-refractivity contribution in [2.45, 2.75) is 182 Å². The summed E-state index contributed by atoms with van der Waals surface area (Å²) in [6.07, 6.45) is 20.2. The number of carbonyl (C=O) groups is 2. The van der Waals surface area contributed by atoms with Crippen molar-refractivity contribution in [3.05, 3.63) is 12.2 Å². The Kier molecular flexibility index (Phi) is 28.6. The van der Waals surface area contributed by atoms with Gasteiger partial charge in [-0.05, 0) is 67.2 Å². The molecule has 4 N–H and O–H groups in total. The molecule has 0 aromatic carbocycles. The van der Waals surface area contributed by atoms with Crippen LogP contribution in [-0.2, 0) is 9.47 Å². The van der Waals surface area contributed by atoms with Crippen molar-refractivity contribution in [3.63, 3.8) is 0 Å². The Morgan fingerprint density at radius 1 is 0.580 bits per heavy atom. The van der Waals surface area contributed by atoms with Gasteiger partial charge in [0.1, 0.15) is 11.2 Å². The van der Waals surface area contributed by atoms with Crippen molar-refractivity contribution < 1.29 is 29.3 Å². The normalized spacial score (nSPS) is 13.6. The molecule has 0 aromatic rings. The number of nitrogens with zero attached hydrogens (tertiary/aromatic N) is 2. The number of nitrogens with one attached hydrogen (secondary N) is 2. The number of amides is 2. The monoisotopic (exact) mass is 713 g/mol. The molecule has 2 amide bonds. The lowest BCUT2D eigenvalue weighted by Crippen LogP contribution is -2.37. The van der Waals surface area contributed by atoms with E-state index in [0.29, 0.717) is 39.3 Å². The Morgan fingerprint density at radius 2 is 0.920 bits per heavy atom. The van der Waals surface area contributed by atoms with Crippen molar-refractivity contribution in [2.75, 3.05) is 52.4 Å². The smallest absolute Gasteiger partial charge is 0.407 e. The summed E-state index contributed by atoms with van der Waals surface area (Å²) >= 11 is 0. The molecule has 50 heavy (non-hydrogen) atoms. The lowest BCUT2D eigenvalue weighted by atomic mass is 10.1. The molecule has 296 valence electrons. The van der Waals surface area contributed by atoms with Crippen LogP contribution in [0.25, 0.3) is 0 Å². The molecule has 0 aliphatic rings. The van der Waals surface area contributed by atoms with E-state index in [1.807, 2.05) is 41.5 Å². The molecule has 10 nitrogen and oxygen atoms in total. The molecular weight excluding hydrogens is 632 g/mol. The zero-order valence-corrected chi connectivity index (χ0v) is 33.7. The van der Waals surface area contributed by atoms with Crippen molar-refractivity contribution >= 4 is 12.2 Å². The standard InChI is InChI=1S/C40H80N4O6/c1-9-11-13-15-17-19-25-35(45)33-43(31-23-27-41-37(47)49-39(3,4)5)29-21-22-30-44(32-24-28-42-38(48)50-40(6,7)8)34-36(46)26-20-18-16-14-12-10-2/h21-22,35-36,45-46H,9-20,23-34H2,1-8H3,(H,41,47)(H,42,48)/b22-21+. The van der Waals surface area contributed by atoms with Crippen LogP contribution in [0.1, 0.15) is 158 Å². The Morgan fingerprint density at radius 3 is 1.26 bits per heavy atom. The van der Waals surface area contributed by atoms with Crippen LogP contribution in [0.4, 0.5) is 9.59 Å². The minimum absolute atomic E-state index is 0.389. The lowest BCUT2D eigenvalue weighted by Gasteiger charge is -2.26. The molecule has 0 saturated heterocycles. The number of hydrogen-bond donors (Lipinski definition) is 4. The largest absolute Gasteiger partial charge is 0.444 e. The van der Waals surface area contributed by atoms with Gasteiger partial charge in [0.05, 0.1) is 12.2 Å². The van der Waals surface area contributed by atoms with E-state index in [9.17, 15) is 19.8 Å². The fraction of sp³-hybridized carbons (Fsp3) is 0.900. The average molecular weight is 713 g/mol. The van der Waals surface area contributed by atoms with Gasteiger partial charge >= 0.3 is 12.2 Å². The minimum atomic E-state index is -0.533. The molecule has 0 rings (SSSR count). The molecule has 0 saturated carbocycles. The summed E-state index contributed by atoms with van der Waals surface area (Å²) in [6, 6.07) is 0. The number of hydrogen-bond acceptors (Lipinski definition) is 8. The number of unbranched alkanes of at least 4 members (excludes halogenated alkanes) is 10. The second-order valence-corrected chi connectivity index (χ2v) is 16.0. The zero-order valence-electron chi connectivity index (χ0n) is 33.7. The summed E-state index contributed by atoms with van der Waals surface area (Å²) < 4.78 is 10.7. The van der Waals surface area contributed by atoms with Crippen LogP contribution < -0.4 is 10.6 Å². The van der Waals surface area contributed by atoms with Gasteiger partial charge < -0.3 is 30.3 Å². The fourth-order valence-corrected chi connectivity index (χ4v) is 5.68. The van der Waals surface area contributed by atoms with E-state index >= 15 is 0 Å². The minimum Gasteiger partial charge on any atom is -0.444 e. The quantitative estimate of drug-likeness (QED) is 0.0434. The average Bonchev–Trinajstić information content (AvgIpc) is 3.00. The third-order valence-electron chi connectivity index (χ3n) is 8.25. The predicted octanol–water partition coefficient (Wildman–Crippen LogP) is 8.20. The number of carbonyl (C=O) groups excluding carboxylic acids is 2. The SMILES string of the molecule is CCCCCCCCC(O)CN(C/C=C/CN(CCCNC(=O)OC(C)(C)C)CC(O)CCCCCCCC)CCCNC(=O)OC(C)(C)C. The van der Waals surface area contributed by atoms with Gasteiger partial charge in [0, 0.05) is 52.4 Å². The van der Waals surface area contributed by atoms with E-state index in [2.05, 4.69) is 46.4 Å². The predicted molar refractivity (Wildman–Crippen MR) is 208 cm³/mol. The van der Waals surface area contributed by atoms with Crippen molar-refractivity contribution in [3.8, 4) is 0 Å². The number of aliphatic hydroxyl groups excluding tert-OH is 2. The highest BCUT2D eigenvalue weighted by molar-refractivity contribution is 5.67. The summed E-state index contributed by atoms with van der Waals surface area (Å²) in [5.74, 6) is 0. The van der Waals surface area contributed by atoms with Crippen molar-refractivity contribution in [1.29, 1.82) is 0 Å². The van der Waals surface area contributed by atoms with E-state index in [1.54, 1.807) is 0 Å². The van der Waals surface area contributed by atoms with Gasteiger partial charge in [-0.2, -0.15) is 0 Å². The van der Waals surface area contributed by atoms with Gasteiger partial charge in [-0.3, -0.25) is 9.80 Å². The maximum Gasteiger partial charge on any atom is 0.407 e. The van der Waals surface area contributed by atoms with Crippen molar-refractivity contribution in [1.82, 2.24) is 20.4 Å². The summed E-state index contributed by atoms with van der Waals surface area (Å²) in [6.45, 7) is 20.6. The second kappa shape index (κ2) is 29.7. The van der Waals surface area contributed by atoms with E-state index in [1.165, 1.54) is 51.4 Å². The Bertz CT molecular complexity index is 790. The molecule has 10 heteroatoms. The Labute approximate surface area is 307 Å². The van der Waals surface area contributed by atoms with Gasteiger partial charge in [-0.25, -0.2) is 9.59 Å². The van der Waals surface area contributed by atoms with E-state index in [0.717, 1.165) is 64.5 Å². The summed E-state index contributed by atoms with van der Waals surface area (Å²) in [5.41, 5.74) is -1.07. The summed E-state index contributed by atoms with van der Waals surface area (Å²) in [4.78, 5) is 28.7. The number of alkyl carbamates (subject to hydrolysis) is 2. The van der Waals surface area contributed by atoms with Crippen LogP contribution in [0.15, 0.2) is 12.2 Å². The van der Waals surface area contributed by atoms with Crippen molar-refractivity contribution in [2.24, 2.45) is 0 Å². The fourth-order valence-electron chi connectivity index (χ4n) is 5.68. The van der Waals surface area contributed by atoms with Crippen LogP contribution in [0.2, 0.25) is 0 Å². The molecule has 0 heterocycles. The van der Waals surface area contributed by atoms with Crippen LogP contribution in [-0.4, -0.2) is 108 Å². The van der Waals surface area contributed by atoms with Gasteiger partial charge in [0.15, 0.2) is 0 Å². The first-order valence-electron chi connectivity index (χ1n) is 20.0. The molecule has 0 spiro atoms. The van der Waals surface area contributed by atoms with Gasteiger partial charge in [-0.1, -0.05) is 103 Å². The van der Waals surface area contributed by atoms with Crippen LogP contribution in [0.5, 0.6) is 0 Å². The van der Waals surface area contributed by atoms with Crippen LogP contribution >= 0.6 is 0 Å². The first-order valence-corrected chi connectivity index (χ1v) is 20.0. The second-order valence-electron chi connectivity index (χ2n) is 16.0. The summed E-state index contributed by atoms with van der Waals surface area (Å²) in [5, 5.41) is 27.4. The molecule has 0 aliphatic carbocycles. The van der Waals surface area contributed by atoms with Crippen LogP contribution in [0.3, 0.4) is 0 Å². The molecular formula is C40H80N4O6. The molecule has 0 bridgehead atoms. The number of rotatable bonds is 30. The van der Waals surface area contributed by atoms with E-state index in [-0.39, 0.29) is 12.2 Å². The molecule has 0 radical (unpaired) electrons. The maximum absolute atomic E-state index is 12.1. The van der Waals surface area contributed by atoms with E-state index < -0.39 is 23.4 Å². The molecule has 2 atom stereocenters. The Balaban J connectivity index is 5.15. The maximum atomic E-state index is 12.1. The highest BCUT2D eigenvalue weighted by Crippen LogP contribution is 2.12. The molecule has 2 unspecified atom stereocenters. The van der Waals surface area contributed by atoms with Crippen LogP contribution in [0, 0.1) is 0 Å². The van der Waals surface area contributed by atoms with E-state index in [4.69, 9.17) is 9.47 Å².